The number of amides is 2. The van der Waals surface area contributed by atoms with Gasteiger partial charge in [-0.15, -0.1) is 11.8 Å². The number of thioether (sulfide) groups is 1. The third-order valence-corrected chi connectivity index (χ3v) is 6.95. The molecule has 2 amide bonds. The number of hydrogen-bond acceptors (Lipinski definition) is 10. The van der Waals surface area contributed by atoms with E-state index in [1.54, 1.807) is 0 Å². The van der Waals surface area contributed by atoms with Gasteiger partial charge >= 0.3 is 5.97 Å². The molecule has 0 radical (unpaired) electrons. The maximum Gasteiger partial charge on any atom is 0.352 e. The molecule has 4 rings (SSSR count). The number of aliphatic imine (C=N–C) groups is 1. The molecule has 0 spiro atoms. The van der Waals surface area contributed by atoms with Crippen molar-refractivity contribution in [3.63, 3.8) is 0 Å². The summed E-state index contributed by atoms with van der Waals surface area (Å²) in [6.45, 7) is 0.338. The van der Waals surface area contributed by atoms with E-state index in [1.807, 2.05) is 35.2 Å². The Labute approximate surface area is 191 Å². The summed E-state index contributed by atoms with van der Waals surface area (Å²) < 4.78 is 4.58. The Morgan fingerprint density at radius 3 is 2.84 bits per heavy atom. The molecular weight excluding hydrogens is 458 g/mol. The van der Waals surface area contributed by atoms with Crippen LogP contribution in [-0.2, 0) is 25.8 Å². The Bertz CT molecular complexity index is 1050. The first-order valence-electron chi connectivity index (χ1n) is 9.37. The van der Waals surface area contributed by atoms with Crippen molar-refractivity contribution in [2.45, 2.75) is 23.7 Å². The number of carboxylic acid groups (broad SMARTS) is 1. The van der Waals surface area contributed by atoms with E-state index in [0.29, 0.717) is 17.9 Å². The van der Waals surface area contributed by atoms with Crippen LogP contribution >= 0.6 is 23.7 Å². The Morgan fingerprint density at radius 2 is 2.22 bits per heavy atom. The monoisotopic (exact) mass is 478 g/mol. The van der Waals surface area contributed by atoms with Crippen LogP contribution in [0.4, 0.5) is 0 Å². The fourth-order valence-electron chi connectivity index (χ4n) is 3.51. The number of β-lactam (4-membered cyclic amide) rings is 1. The molecule has 4 heterocycles. The van der Waals surface area contributed by atoms with Gasteiger partial charge in [0, 0.05) is 23.5 Å². The van der Waals surface area contributed by atoms with Crippen molar-refractivity contribution in [2.24, 2.45) is 15.9 Å². The molecule has 5 N–H and O–H groups in total. The molecule has 1 aromatic rings. The van der Waals surface area contributed by atoms with Crippen LogP contribution in [0.5, 0.6) is 0 Å². The predicted octanol–water partition coefficient (Wildman–Crippen LogP) is -1.39. The lowest BCUT2D eigenvalue weighted by atomic mass is 10.0. The largest absolute Gasteiger partial charge is 0.477 e. The van der Waals surface area contributed by atoms with E-state index >= 15 is 0 Å². The van der Waals surface area contributed by atoms with Gasteiger partial charge in [-0.3, -0.25) is 20.2 Å². The Kier molecular flexibility index (Phi) is 6.19. The second-order valence-corrected chi connectivity index (χ2v) is 8.76. The van der Waals surface area contributed by atoms with Crippen LogP contribution in [-0.4, -0.2) is 69.1 Å². The standard InChI is InChI=1S/C18H19N7O5S2/c1-30-22-13(18(19)20-9-32-23-18)14(26)21-11-15(27)25-12(17(28)29)10(8-31-16(11)25)7-24-5-3-2-4-6-24/h2-6,9,11,16,23H,7-8,19H2,1H3,(H-,21,26,28,29)/p+1/b22-13-/t11?,16-,18?/m1/s1. The van der Waals surface area contributed by atoms with Crippen molar-refractivity contribution in [3.8, 4) is 0 Å². The number of fused-ring (bicyclic) bond motifs is 1. The zero-order valence-electron chi connectivity index (χ0n) is 16.8. The van der Waals surface area contributed by atoms with Crippen molar-refractivity contribution in [3.05, 3.63) is 41.9 Å². The summed E-state index contributed by atoms with van der Waals surface area (Å²) in [5, 5.41) is 15.5. The van der Waals surface area contributed by atoms with E-state index in [4.69, 9.17) is 10.6 Å². The van der Waals surface area contributed by atoms with Crippen LogP contribution in [0.1, 0.15) is 0 Å². The topological polar surface area (TPSA) is 163 Å². The quantitative estimate of drug-likeness (QED) is 0.121. The van der Waals surface area contributed by atoms with Gasteiger partial charge in [0.25, 0.3) is 11.8 Å². The maximum atomic E-state index is 12.9. The third kappa shape index (κ3) is 3.97. The Balaban J connectivity index is 1.53. The lowest BCUT2D eigenvalue weighted by molar-refractivity contribution is -0.689. The SMILES string of the molecule is CO/N=C(/C(=O)NC1C(=O)N2C(C(=O)O)=C(C[n+]3ccccc3)CS[C@H]12)C1(N)N=CSN1. The van der Waals surface area contributed by atoms with Gasteiger partial charge in [-0.2, -0.15) is 0 Å². The summed E-state index contributed by atoms with van der Waals surface area (Å²) in [4.78, 5) is 47.6. The molecule has 0 bridgehead atoms. The zero-order chi connectivity index (χ0) is 22.9. The van der Waals surface area contributed by atoms with Crippen molar-refractivity contribution in [1.82, 2.24) is 14.9 Å². The smallest absolute Gasteiger partial charge is 0.352 e. The Hall–Kier alpha value is -2.94. The first-order chi connectivity index (χ1) is 15.4. The summed E-state index contributed by atoms with van der Waals surface area (Å²) in [5.74, 6) is -3.67. The molecule has 3 aliphatic heterocycles. The van der Waals surface area contributed by atoms with Gasteiger partial charge in [0.15, 0.2) is 18.9 Å². The summed E-state index contributed by atoms with van der Waals surface area (Å²) in [6.07, 6.45) is 3.64. The minimum Gasteiger partial charge on any atom is -0.477 e. The average Bonchev–Trinajstić information content (AvgIpc) is 3.23. The predicted molar refractivity (Wildman–Crippen MR) is 117 cm³/mol. The molecule has 14 heteroatoms. The molecule has 1 saturated heterocycles. The molecule has 3 atom stereocenters. The molecule has 168 valence electrons. The molecule has 0 saturated carbocycles. The highest BCUT2D eigenvalue weighted by Gasteiger charge is 2.55. The molecule has 3 aliphatic rings. The number of carbonyl (C=O) groups excluding carboxylic acids is 2. The maximum absolute atomic E-state index is 12.9. The van der Waals surface area contributed by atoms with Crippen LogP contribution in [0, 0.1) is 0 Å². The van der Waals surface area contributed by atoms with E-state index in [9.17, 15) is 19.5 Å². The number of nitrogens with one attached hydrogen (secondary N) is 2. The molecule has 0 aromatic carbocycles. The molecule has 32 heavy (non-hydrogen) atoms. The Morgan fingerprint density at radius 1 is 1.47 bits per heavy atom. The third-order valence-electron chi connectivity index (χ3n) is 4.97. The second kappa shape index (κ2) is 8.90. The van der Waals surface area contributed by atoms with Gasteiger partial charge in [0.05, 0.1) is 5.55 Å². The fraction of sp³-hybridized carbons (Fsp3) is 0.333. The molecule has 0 aliphatic carbocycles. The fourth-order valence-corrected chi connectivity index (χ4v) is 5.45. The number of carboxylic acids is 1. The van der Waals surface area contributed by atoms with Crippen LogP contribution < -0.4 is 20.3 Å². The zero-order valence-corrected chi connectivity index (χ0v) is 18.4. The number of pyridine rings is 1. The van der Waals surface area contributed by atoms with E-state index in [0.717, 1.165) is 11.9 Å². The number of hydrogen-bond donors (Lipinski definition) is 4. The van der Waals surface area contributed by atoms with Crippen molar-refractivity contribution in [2.75, 3.05) is 12.9 Å². The van der Waals surface area contributed by atoms with Gasteiger partial charge in [0.2, 0.25) is 11.5 Å². The van der Waals surface area contributed by atoms with Crippen LogP contribution in [0.2, 0.25) is 0 Å². The number of oxime groups is 1. The summed E-state index contributed by atoms with van der Waals surface area (Å²) >= 11 is 2.45. The number of aromatic nitrogens is 1. The number of carbonyl (C=O) groups is 3. The molecule has 2 unspecified atom stereocenters. The number of aliphatic carboxylic acids is 1. The van der Waals surface area contributed by atoms with E-state index in [-0.39, 0.29) is 11.4 Å². The van der Waals surface area contributed by atoms with Crippen molar-refractivity contribution >= 4 is 52.8 Å². The summed E-state index contributed by atoms with van der Waals surface area (Å²) in [7, 11) is 1.26. The highest BCUT2D eigenvalue weighted by molar-refractivity contribution is 8.10. The minimum absolute atomic E-state index is 0.0554. The lowest BCUT2D eigenvalue weighted by Crippen LogP contribution is -2.72. The minimum atomic E-state index is -1.61. The number of rotatable bonds is 7. The van der Waals surface area contributed by atoms with Crippen LogP contribution in [0.25, 0.3) is 0 Å². The average molecular weight is 479 g/mol. The molecule has 1 aromatic heterocycles. The van der Waals surface area contributed by atoms with E-state index in [2.05, 4.69) is 20.2 Å². The van der Waals surface area contributed by atoms with Crippen molar-refractivity contribution in [1.29, 1.82) is 0 Å². The first kappa shape index (κ1) is 22.3. The van der Waals surface area contributed by atoms with Gasteiger partial charge in [0.1, 0.15) is 24.2 Å². The summed E-state index contributed by atoms with van der Waals surface area (Å²) in [6, 6.07) is 4.60. The normalized spacial score (nSPS) is 27.1. The molecule has 1 fully saturated rings. The van der Waals surface area contributed by atoms with E-state index in [1.165, 1.54) is 29.3 Å². The van der Waals surface area contributed by atoms with Gasteiger partial charge in [-0.1, -0.05) is 11.2 Å². The highest BCUT2D eigenvalue weighted by atomic mass is 32.2. The van der Waals surface area contributed by atoms with Gasteiger partial charge in [-0.25, -0.2) is 19.1 Å². The summed E-state index contributed by atoms with van der Waals surface area (Å²) in [5.41, 5.74) is 7.77. The van der Waals surface area contributed by atoms with Crippen LogP contribution in [0.3, 0.4) is 0 Å². The second-order valence-electron chi connectivity index (χ2n) is 7.01. The van der Waals surface area contributed by atoms with E-state index < -0.39 is 35.0 Å². The van der Waals surface area contributed by atoms with Gasteiger partial charge in [-0.05, 0) is 11.9 Å². The number of nitrogens with two attached hydrogens (primary N) is 1. The van der Waals surface area contributed by atoms with Crippen molar-refractivity contribution < 1.29 is 28.9 Å². The van der Waals surface area contributed by atoms with Gasteiger partial charge < -0.3 is 15.3 Å². The lowest BCUT2D eigenvalue weighted by Gasteiger charge is -2.49. The van der Waals surface area contributed by atoms with Crippen LogP contribution in [0.15, 0.2) is 52.0 Å². The first-order valence-corrected chi connectivity index (χ1v) is 11.3. The molecular formula is C18H20N7O5S2+. The number of nitrogens with zero attached hydrogens (tertiary/aromatic N) is 4. The molecule has 12 nitrogen and oxygen atoms in total. The highest BCUT2D eigenvalue weighted by Crippen LogP contribution is 2.40.